The van der Waals surface area contributed by atoms with Crippen LogP contribution in [0.1, 0.15) is 36.5 Å². The summed E-state index contributed by atoms with van der Waals surface area (Å²) in [4.78, 5) is 22.2. The van der Waals surface area contributed by atoms with Crippen molar-refractivity contribution < 1.29 is 23.5 Å². The average Bonchev–Trinajstić information content (AvgIpc) is 2.65. The maximum atomic E-state index is 13.4. The number of carbonyl (C=O) groups excluding carboxylic acids is 2. The van der Waals surface area contributed by atoms with Gasteiger partial charge in [0.15, 0.2) is 0 Å². The third-order valence-electron chi connectivity index (χ3n) is 4.15. The van der Waals surface area contributed by atoms with Crippen LogP contribution in [-0.4, -0.2) is 11.9 Å². The van der Waals surface area contributed by atoms with Gasteiger partial charge in [-0.3, -0.25) is 9.59 Å². The van der Waals surface area contributed by atoms with E-state index in [1.165, 1.54) is 26.0 Å². The van der Waals surface area contributed by atoms with Crippen molar-refractivity contribution in [3.63, 3.8) is 0 Å². The first kappa shape index (κ1) is 19.3. The van der Waals surface area contributed by atoms with Crippen LogP contribution in [0, 0.1) is 5.82 Å². The van der Waals surface area contributed by atoms with Crippen LogP contribution in [-0.2, 0) is 9.59 Å². The second kappa shape index (κ2) is 8.48. The molecular formula is C23H19FO4. The Labute approximate surface area is 162 Å². The first-order valence-electron chi connectivity index (χ1n) is 8.74. The molecule has 0 aliphatic rings. The SMILES string of the molecule is CC(=O)Oc1ccc(C(c2ccc(F)cc2)c2ccc(OC(C)=O)cc2)cc1. The van der Waals surface area contributed by atoms with Gasteiger partial charge in [0.1, 0.15) is 17.3 Å². The molecule has 3 rings (SSSR count). The number of ether oxygens (including phenoxy) is 2. The van der Waals surface area contributed by atoms with Crippen molar-refractivity contribution in [3.8, 4) is 11.5 Å². The van der Waals surface area contributed by atoms with Gasteiger partial charge in [-0.15, -0.1) is 0 Å². The molecule has 0 saturated carbocycles. The molecule has 4 nitrogen and oxygen atoms in total. The highest BCUT2D eigenvalue weighted by Gasteiger charge is 2.17. The van der Waals surface area contributed by atoms with Gasteiger partial charge in [0.2, 0.25) is 0 Å². The summed E-state index contributed by atoms with van der Waals surface area (Å²) in [6, 6.07) is 20.7. The molecule has 142 valence electrons. The minimum atomic E-state index is -0.385. The quantitative estimate of drug-likeness (QED) is 0.362. The van der Waals surface area contributed by atoms with Gasteiger partial charge in [0.05, 0.1) is 0 Å². The number of hydrogen-bond donors (Lipinski definition) is 0. The lowest BCUT2D eigenvalue weighted by Crippen LogP contribution is -2.06. The Morgan fingerprint density at radius 1 is 0.643 bits per heavy atom. The molecule has 0 heterocycles. The fraction of sp³-hybridized carbons (Fsp3) is 0.130. The van der Waals surface area contributed by atoms with E-state index in [0.29, 0.717) is 11.5 Å². The minimum Gasteiger partial charge on any atom is -0.427 e. The Bertz CT molecular complexity index is 901. The predicted molar refractivity (Wildman–Crippen MR) is 103 cm³/mol. The maximum absolute atomic E-state index is 13.4. The molecule has 28 heavy (non-hydrogen) atoms. The van der Waals surface area contributed by atoms with Crippen LogP contribution in [0.4, 0.5) is 4.39 Å². The molecule has 0 bridgehead atoms. The van der Waals surface area contributed by atoms with Crippen molar-refractivity contribution in [3.05, 3.63) is 95.3 Å². The van der Waals surface area contributed by atoms with E-state index in [1.807, 2.05) is 24.3 Å². The molecule has 3 aromatic rings. The molecule has 3 aromatic carbocycles. The van der Waals surface area contributed by atoms with Crippen molar-refractivity contribution in [1.29, 1.82) is 0 Å². The smallest absolute Gasteiger partial charge is 0.308 e. The highest BCUT2D eigenvalue weighted by atomic mass is 19.1. The fourth-order valence-electron chi connectivity index (χ4n) is 3.02. The van der Waals surface area contributed by atoms with Crippen LogP contribution in [0.15, 0.2) is 72.8 Å². The molecule has 0 spiro atoms. The summed E-state index contributed by atoms with van der Waals surface area (Å²) in [7, 11) is 0. The van der Waals surface area contributed by atoms with Crippen LogP contribution < -0.4 is 9.47 Å². The second-order valence-electron chi connectivity index (χ2n) is 6.31. The number of rotatable bonds is 5. The van der Waals surface area contributed by atoms with E-state index in [4.69, 9.17) is 9.47 Å². The molecule has 0 aliphatic carbocycles. The molecule has 0 amide bonds. The van der Waals surface area contributed by atoms with E-state index < -0.39 is 0 Å². The zero-order chi connectivity index (χ0) is 20.1. The Morgan fingerprint density at radius 2 is 0.964 bits per heavy atom. The highest BCUT2D eigenvalue weighted by molar-refractivity contribution is 5.69. The molecule has 0 fully saturated rings. The van der Waals surface area contributed by atoms with Gasteiger partial charge in [-0.1, -0.05) is 36.4 Å². The van der Waals surface area contributed by atoms with E-state index in [2.05, 4.69) is 0 Å². The van der Waals surface area contributed by atoms with Crippen LogP contribution in [0.2, 0.25) is 0 Å². The van der Waals surface area contributed by atoms with Crippen LogP contribution in [0.25, 0.3) is 0 Å². The molecule has 0 N–H and O–H groups in total. The van der Waals surface area contributed by atoms with Gasteiger partial charge >= 0.3 is 11.9 Å². The normalized spacial score (nSPS) is 10.6. The summed E-state index contributed by atoms with van der Waals surface area (Å²) in [5.74, 6) is -0.331. The van der Waals surface area contributed by atoms with E-state index in [0.717, 1.165) is 16.7 Å². The fourth-order valence-corrected chi connectivity index (χ4v) is 3.02. The van der Waals surface area contributed by atoms with E-state index in [9.17, 15) is 14.0 Å². The number of carbonyl (C=O) groups is 2. The van der Waals surface area contributed by atoms with Crippen molar-refractivity contribution in [2.75, 3.05) is 0 Å². The molecule has 0 aromatic heterocycles. The van der Waals surface area contributed by atoms with Gasteiger partial charge in [-0.2, -0.15) is 0 Å². The van der Waals surface area contributed by atoms with Crippen molar-refractivity contribution in [2.45, 2.75) is 19.8 Å². The van der Waals surface area contributed by atoms with E-state index >= 15 is 0 Å². The Kier molecular flexibility index (Phi) is 5.84. The first-order chi connectivity index (χ1) is 13.4. The second-order valence-corrected chi connectivity index (χ2v) is 6.31. The Balaban J connectivity index is 1.99. The molecule has 0 radical (unpaired) electrons. The van der Waals surface area contributed by atoms with E-state index in [1.54, 1.807) is 36.4 Å². The lowest BCUT2D eigenvalue weighted by Gasteiger charge is -2.19. The van der Waals surface area contributed by atoms with Crippen molar-refractivity contribution >= 4 is 11.9 Å². The first-order valence-corrected chi connectivity index (χ1v) is 8.74. The third kappa shape index (κ3) is 4.82. The van der Waals surface area contributed by atoms with Crippen molar-refractivity contribution in [2.24, 2.45) is 0 Å². The third-order valence-corrected chi connectivity index (χ3v) is 4.15. The van der Waals surface area contributed by atoms with Gasteiger partial charge in [0.25, 0.3) is 0 Å². The summed E-state index contributed by atoms with van der Waals surface area (Å²) in [6.45, 7) is 2.69. The molecule has 0 aliphatic heterocycles. The summed E-state index contributed by atoms with van der Waals surface area (Å²) in [5.41, 5.74) is 2.80. The van der Waals surface area contributed by atoms with Gasteiger partial charge in [-0.25, -0.2) is 4.39 Å². The number of hydrogen-bond acceptors (Lipinski definition) is 4. The molecule has 0 saturated heterocycles. The minimum absolute atomic E-state index is 0.168. The average molecular weight is 378 g/mol. The van der Waals surface area contributed by atoms with Gasteiger partial charge < -0.3 is 9.47 Å². The van der Waals surface area contributed by atoms with Gasteiger partial charge in [-0.05, 0) is 53.1 Å². The van der Waals surface area contributed by atoms with Crippen LogP contribution in [0.5, 0.6) is 11.5 Å². The Morgan fingerprint density at radius 3 is 1.29 bits per heavy atom. The summed E-state index contributed by atoms with van der Waals surface area (Å²) in [6.07, 6.45) is 0. The molecule has 0 unspecified atom stereocenters. The largest absolute Gasteiger partial charge is 0.427 e. The summed E-state index contributed by atoms with van der Waals surface area (Å²) >= 11 is 0. The molecule has 0 atom stereocenters. The Hall–Kier alpha value is -3.47. The summed E-state index contributed by atoms with van der Waals surface area (Å²) < 4.78 is 23.6. The number of halogens is 1. The number of esters is 2. The highest BCUT2D eigenvalue weighted by Crippen LogP contribution is 2.34. The standard InChI is InChI=1S/C23H19FO4/c1-15(25)27-21-11-5-18(6-12-21)23(17-3-9-20(24)10-4-17)19-7-13-22(14-8-19)28-16(2)26/h3-14,23H,1-2H3. The summed E-state index contributed by atoms with van der Waals surface area (Å²) in [5, 5.41) is 0. The predicted octanol–water partition coefficient (Wildman–Crippen LogP) is 4.86. The molecular weight excluding hydrogens is 359 g/mol. The lowest BCUT2D eigenvalue weighted by atomic mass is 9.85. The topological polar surface area (TPSA) is 52.6 Å². The van der Waals surface area contributed by atoms with E-state index in [-0.39, 0.29) is 23.7 Å². The molecule has 5 heteroatoms. The van der Waals surface area contributed by atoms with Gasteiger partial charge in [0, 0.05) is 19.8 Å². The monoisotopic (exact) mass is 378 g/mol. The van der Waals surface area contributed by atoms with Crippen molar-refractivity contribution in [1.82, 2.24) is 0 Å². The zero-order valence-corrected chi connectivity index (χ0v) is 15.5. The van der Waals surface area contributed by atoms with Crippen LogP contribution >= 0.6 is 0 Å². The van der Waals surface area contributed by atoms with Crippen LogP contribution in [0.3, 0.4) is 0 Å². The maximum Gasteiger partial charge on any atom is 0.308 e. The lowest BCUT2D eigenvalue weighted by molar-refractivity contribution is -0.132. The number of benzene rings is 3. The zero-order valence-electron chi connectivity index (χ0n) is 15.5.